The predicted octanol–water partition coefficient (Wildman–Crippen LogP) is 5.21. The summed E-state index contributed by atoms with van der Waals surface area (Å²) < 4.78 is 32.1. The first-order valence-electron chi connectivity index (χ1n) is 14.0. The quantitative estimate of drug-likeness (QED) is 0.0739. The van der Waals surface area contributed by atoms with Gasteiger partial charge in [-0.2, -0.15) is 0 Å². The lowest BCUT2D eigenvalue weighted by atomic mass is 10.1. The van der Waals surface area contributed by atoms with Gasteiger partial charge >= 0.3 is 19.8 Å². The number of ether oxygens (including phenoxy) is 2. The molecule has 0 aromatic rings. The molecule has 37 heavy (non-hydrogen) atoms. The number of hydrogen-bond acceptors (Lipinski definition) is 9. The summed E-state index contributed by atoms with van der Waals surface area (Å²) in [6.45, 7) is 2.22. The molecule has 0 radical (unpaired) electrons. The fourth-order valence-corrected chi connectivity index (χ4v) is 4.31. The van der Waals surface area contributed by atoms with E-state index in [2.05, 4.69) is 18.4 Å². The van der Waals surface area contributed by atoms with Crippen LogP contribution >= 0.6 is 7.82 Å². The normalized spacial score (nSPS) is 14.6. The topological polar surface area (TPSA) is 149 Å². The molecule has 0 aliphatic carbocycles. The fraction of sp³-hybridized carbons (Fsp3) is 0.923. The zero-order valence-corrected chi connectivity index (χ0v) is 23.8. The maximum atomic E-state index is 12.3. The number of unbranched alkanes of at least 4 members (excludes halogenated alkanes) is 12. The highest BCUT2D eigenvalue weighted by atomic mass is 31.2. The molecule has 0 amide bonds. The molecule has 0 aliphatic heterocycles. The van der Waals surface area contributed by atoms with Gasteiger partial charge in [0.2, 0.25) is 0 Å². The van der Waals surface area contributed by atoms with Crippen LogP contribution in [0, 0.1) is 0 Å². The van der Waals surface area contributed by atoms with Gasteiger partial charge in [-0.1, -0.05) is 90.9 Å². The molecule has 2 unspecified atom stereocenters. The second-order valence-electron chi connectivity index (χ2n) is 9.43. The Balaban J connectivity index is 4.54. The van der Waals surface area contributed by atoms with Gasteiger partial charge in [0.15, 0.2) is 6.10 Å². The van der Waals surface area contributed by atoms with Crippen molar-refractivity contribution in [1.82, 2.24) is 0 Å². The van der Waals surface area contributed by atoms with Crippen molar-refractivity contribution in [3.8, 4) is 0 Å². The third kappa shape index (κ3) is 23.8. The molecule has 0 spiro atoms. The Morgan fingerprint density at radius 2 is 1.16 bits per heavy atom. The fourth-order valence-electron chi connectivity index (χ4n) is 3.52. The first-order valence-corrected chi connectivity index (χ1v) is 15.5. The summed E-state index contributed by atoms with van der Waals surface area (Å²) in [4.78, 5) is 34.2. The number of phosphoric acid groups is 1. The maximum Gasteiger partial charge on any atom is 0.472 e. The van der Waals surface area contributed by atoms with Gasteiger partial charge in [-0.25, -0.2) is 4.57 Å². The van der Waals surface area contributed by atoms with E-state index >= 15 is 0 Å². The van der Waals surface area contributed by atoms with Crippen LogP contribution in [0.15, 0.2) is 0 Å². The van der Waals surface area contributed by atoms with Gasteiger partial charge in [0, 0.05) is 12.8 Å². The van der Waals surface area contributed by atoms with Gasteiger partial charge in [0.1, 0.15) is 12.7 Å². The molecule has 220 valence electrons. The lowest BCUT2D eigenvalue weighted by Crippen LogP contribution is -2.29. The lowest BCUT2D eigenvalue weighted by molar-refractivity contribution is -0.161. The second-order valence-corrected chi connectivity index (χ2v) is 10.9. The van der Waals surface area contributed by atoms with Gasteiger partial charge in [-0.3, -0.25) is 18.6 Å². The second kappa shape index (κ2) is 24.0. The first-order chi connectivity index (χ1) is 17.7. The van der Waals surface area contributed by atoms with Gasteiger partial charge in [0.25, 0.3) is 0 Å². The smallest absolute Gasteiger partial charge is 0.462 e. The number of hydrogen-bond donors (Lipinski definition) is 3. The van der Waals surface area contributed by atoms with E-state index in [1.165, 1.54) is 38.5 Å². The molecule has 10 nitrogen and oxygen atoms in total. The number of esters is 2. The monoisotopic (exact) mass is 554 g/mol. The minimum absolute atomic E-state index is 0.187. The standard InChI is InChI=1S/C26H51O10P/c1-3-5-7-9-11-13-15-17-25(29)33-21-24(22-35-37(31,32)34-20-23(28)19-27)36-26(30)18-16-14-12-10-8-6-4-2/h23-24,27-28H,3-22H2,1-2H3,(H,31,32)/t23?,24-/m1/s1. The molecule has 11 heteroatoms. The molecule has 0 aliphatic rings. The van der Waals surface area contributed by atoms with E-state index in [0.717, 1.165) is 38.5 Å². The van der Waals surface area contributed by atoms with Crippen molar-refractivity contribution in [3.63, 3.8) is 0 Å². The minimum atomic E-state index is -4.58. The molecule has 0 aromatic heterocycles. The molecule has 0 rings (SSSR count). The van der Waals surface area contributed by atoms with Crippen molar-refractivity contribution in [2.75, 3.05) is 26.4 Å². The number of phosphoric ester groups is 1. The van der Waals surface area contributed by atoms with Crippen LogP contribution in [0.2, 0.25) is 0 Å². The Kier molecular flexibility index (Phi) is 23.4. The summed E-state index contributed by atoms with van der Waals surface area (Å²) in [6, 6.07) is 0. The minimum Gasteiger partial charge on any atom is -0.462 e. The molecule has 0 bridgehead atoms. The molecule has 3 N–H and O–H groups in total. The summed E-state index contributed by atoms with van der Waals surface area (Å²) in [6.07, 6.45) is 12.8. The van der Waals surface area contributed by atoms with E-state index in [1.54, 1.807) is 0 Å². The van der Waals surface area contributed by atoms with Crippen LogP contribution in [0.3, 0.4) is 0 Å². The highest BCUT2D eigenvalue weighted by Crippen LogP contribution is 2.43. The largest absolute Gasteiger partial charge is 0.472 e. The van der Waals surface area contributed by atoms with Crippen LogP contribution in [0.4, 0.5) is 0 Å². The third-order valence-electron chi connectivity index (χ3n) is 5.76. The van der Waals surface area contributed by atoms with E-state index in [0.29, 0.717) is 12.8 Å². The lowest BCUT2D eigenvalue weighted by Gasteiger charge is -2.20. The summed E-state index contributed by atoms with van der Waals surface area (Å²) >= 11 is 0. The van der Waals surface area contributed by atoms with Crippen molar-refractivity contribution in [2.45, 2.75) is 129 Å². The van der Waals surface area contributed by atoms with Crippen molar-refractivity contribution >= 4 is 19.8 Å². The van der Waals surface area contributed by atoms with Crippen LogP contribution in [0.25, 0.3) is 0 Å². The van der Waals surface area contributed by atoms with Crippen molar-refractivity contribution in [1.29, 1.82) is 0 Å². The Hall–Kier alpha value is -1.03. The SMILES string of the molecule is CCCCCCCCCC(=O)OC[C@H](COP(=O)(O)OCC(O)CO)OC(=O)CCCCCCCCC. The van der Waals surface area contributed by atoms with Crippen molar-refractivity contribution in [2.24, 2.45) is 0 Å². The van der Waals surface area contributed by atoms with E-state index in [4.69, 9.17) is 19.1 Å². The van der Waals surface area contributed by atoms with Crippen molar-refractivity contribution in [3.05, 3.63) is 0 Å². The molecular formula is C26H51O10P. The van der Waals surface area contributed by atoms with Crippen molar-refractivity contribution < 1.29 is 47.8 Å². The summed E-state index contributed by atoms with van der Waals surface area (Å²) in [5, 5.41) is 18.1. The van der Waals surface area contributed by atoms with Gasteiger partial charge in [-0.05, 0) is 12.8 Å². The molecule has 0 heterocycles. The first kappa shape index (κ1) is 36.0. The van der Waals surface area contributed by atoms with Crippen LogP contribution in [-0.4, -0.2) is 65.7 Å². The zero-order valence-electron chi connectivity index (χ0n) is 22.9. The van der Waals surface area contributed by atoms with Gasteiger partial charge < -0.3 is 24.6 Å². The third-order valence-corrected chi connectivity index (χ3v) is 6.71. The van der Waals surface area contributed by atoms with Crippen LogP contribution < -0.4 is 0 Å². The average Bonchev–Trinajstić information content (AvgIpc) is 2.87. The van der Waals surface area contributed by atoms with Crippen LogP contribution in [0.5, 0.6) is 0 Å². The van der Waals surface area contributed by atoms with Crippen LogP contribution in [-0.2, 0) is 32.7 Å². The van der Waals surface area contributed by atoms with E-state index < -0.39 is 51.8 Å². The molecule has 0 saturated carbocycles. The number of carbonyl (C=O) groups is 2. The highest BCUT2D eigenvalue weighted by Gasteiger charge is 2.27. The Morgan fingerprint density at radius 1 is 0.703 bits per heavy atom. The highest BCUT2D eigenvalue weighted by molar-refractivity contribution is 7.47. The zero-order chi connectivity index (χ0) is 27.8. The molecule has 0 fully saturated rings. The Labute approximate surface area is 223 Å². The van der Waals surface area contributed by atoms with E-state index in [1.807, 2.05) is 0 Å². The maximum absolute atomic E-state index is 12.3. The number of rotatable bonds is 26. The predicted molar refractivity (Wildman–Crippen MR) is 141 cm³/mol. The van der Waals surface area contributed by atoms with E-state index in [-0.39, 0.29) is 19.4 Å². The molecule has 3 atom stereocenters. The average molecular weight is 555 g/mol. The molecule has 0 saturated heterocycles. The summed E-state index contributed by atoms with van der Waals surface area (Å²) in [5.41, 5.74) is 0. The number of aliphatic hydroxyl groups is 2. The van der Waals surface area contributed by atoms with E-state index in [9.17, 15) is 24.2 Å². The number of aliphatic hydroxyl groups excluding tert-OH is 2. The molecule has 0 aromatic carbocycles. The Bertz CT molecular complexity index is 616. The van der Waals surface area contributed by atoms with Gasteiger partial charge in [-0.15, -0.1) is 0 Å². The summed E-state index contributed by atoms with van der Waals surface area (Å²) in [5.74, 6) is -0.939. The summed E-state index contributed by atoms with van der Waals surface area (Å²) in [7, 11) is -4.58. The van der Waals surface area contributed by atoms with Gasteiger partial charge in [0.05, 0.1) is 19.8 Å². The van der Waals surface area contributed by atoms with Crippen LogP contribution in [0.1, 0.15) is 117 Å². The Morgan fingerprint density at radius 3 is 1.68 bits per heavy atom. The number of carbonyl (C=O) groups excluding carboxylic acids is 2. The molecular weight excluding hydrogens is 503 g/mol.